The highest BCUT2D eigenvalue weighted by molar-refractivity contribution is 7.92. The molecule has 0 bridgehead atoms. The Hall–Kier alpha value is -4.16. The fraction of sp³-hybridized carbons (Fsp3) is 0.161. The minimum Gasteiger partial charge on any atom is -0.611 e. The molecule has 1 atom stereocenters. The van der Waals surface area contributed by atoms with Crippen molar-refractivity contribution < 1.29 is 13.7 Å². The van der Waals surface area contributed by atoms with E-state index in [4.69, 9.17) is 0 Å². The molecule has 8 nitrogen and oxygen atoms in total. The summed E-state index contributed by atoms with van der Waals surface area (Å²) in [5.74, 6) is -0.404. The molecule has 3 N–H and O–H groups in total. The summed E-state index contributed by atoms with van der Waals surface area (Å²) in [4.78, 5) is 26.6. The molecule has 3 aromatic carbocycles. The van der Waals surface area contributed by atoms with Gasteiger partial charge in [0, 0.05) is 42.0 Å². The van der Waals surface area contributed by atoms with E-state index in [0.717, 1.165) is 57.9 Å². The first kappa shape index (κ1) is 28.0. The lowest BCUT2D eigenvalue weighted by Crippen LogP contribution is -2.35. The van der Waals surface area contributed by atoms with Gasteiger partial charge in [-0.3, -0.25) is 10.1 Å². The summed E-state index contributed by atoms with van der Waals surface area (Å²) in [6.07, 6.45) is 9.21. The molecule has 11 heteroatoms. The Labute approximate surface area is 249 Å². The fourth-order valence-electron chi connectivity index (χ4n) is 4.58. The minimum atomic E-state index is -1.00. The third-order valence-electron chi connectivity index (χ3n) is 6.79. The number of hydrogen-bond acceptors (Lipinski definition) is 8. The Kier molecular flexibility index (Phi) is 8.52. The maximum absolute atomic E-state index is 13.4. The standard InChI is InChI=1S/C31H27FN6O2S2/c32-23-3-1-2-22(17-23)29(39)38-31-37-27-11-6-20(16-28(27)41-31)4-5-21-18-34-30(35-19-21)36-24-7-9-25(10-8-24)42(40)26-12-14-33-15-13-26/h1-11,16-19,26,33H,12-15H2,(H,34,35,36)(H,37,38,39)/b5-4+. The van der Waals surface area contributed by atoms with E-state index in [1.54, 1.807) is 18.5 Å². The number of nitrogens with one attached hydrogen (secondary N) is 3. The van der Waals surface area contributed by atoms with Crippen LogP contribution in [0.4, 0.5) is 21.2 Å². The van der Waals surface area contributed by atoms with Crippen LogP contribution in [0.5, 0.6) is 0 Å². The number of anilines is 3. The van der Waals surface area contributed by atoms with Gasteiger partial charge in [0.1, 0.15) is 11.1 Å². The van der Waals surface area contributed by atoms with Gasteiger partial charge < -0.3 is 15.2 Å². The normalized spacial score (nSPS) is 14.7. The molecule has 3 heterocycles. The van der Waals surface area contributed by atoms with Gasteiger partial charge in [0.2, 0.25) is 5.95 Å². The van der Waals surface area contributed by atoms with E-state index in [0.29, 0.717) is 11.1 Å². The molecule has 0 radical (unpaired) electrons. The first-order chi connectivity index (χ1) is 20.5. The zero-order chi connectivity index (χ0) is 28.9. The van der Waals surface area contributed by atoms with Gasteiger partial charge in [-0.1, -0.05) is 35.6 Å². The summed E-state index contributed by atoms with van der Waals surface area (Å²) in [6, 6.07) is 19.0. The molecule has 1 aliphatic heterocycles. The number of fused-ring (bicyclic) bond motifs is 1. The molecule has 42 heavy (non-hydrogen) atoms. The highest BCUT2D eigenvalue weighted by Crippen LogP contribution is 2.28. The third-order valence-corrected chi connectivity index (χ3v) is 9.54. The van der Waals surface area contributed by atoms with Gasteiger partial charge in [-0.15, -0.1) is 0 Å². The van der Waals surface area contributed by atoms with Crippen molar-refractivity contribution >= 4 is 67.6 Å². The van der Waals surface area contributed by atoms with Crippen LogP contribution in [0.15, 0.2) is 84.0 Å². The minimum absolute atomic E-state index is 0.205. The number of piperidine rings is 1. The lowest BCUT2D eigenvalue weighted by atomic mass is 10.2. The maximum Gasteiger partial charge on any atom is 0.257 e. The number of aromatic nitrogens is 3. The molecule has 212 valence electrons. The van der Waals surface area contributed by atoms with Gasteiger partial charge >= 0.3 is 0 Å². The Balaban J connectivity index is 1.06. The number of thiazole rings is 1. The van der Waals surface area contributed by atoms with Crippen LogP contribution in [-0.4, -0.2) is 43.8 Å². The molecule has 0 spiro atoms. The summed E-state index contributed by atoms with van der Waals surface area (Å²) < 4.78 is 27.2. The highest BCUT2D eigenvalue weighted by atomic mass is 32.2. The quantitative estimate of drug-likeness (QED) is 0.181. The molecule has 0 aliphatic carbocycles. The highest BCUT2D eigenvalue weighted by Gasteiger charge is 2.26. The van der Waals surface area contributed by atoms with Crippen molar-refractivity contribution in [1.82, 2.24) is 20.3 Å². The van der Waals surface area contributed by atoms with Gasteiger partial charge in [-0.25, -0.2) is 19.3 Å². The molecular formula is C31H27FN6O2S2. The van der Waals surface area contributed by atoms with Crippen molar-refractivity contribution in [3.8, 4) is 0 Å². The topological polar surface area (TPSA) is 115 Å². The number of rotatable bonds is 8. The molecule has 1 saturated heterocycles. The van der Waals surface area contributed by atoms with E-state index < -0.39 is 22.9 Å². The molecule has 0 saturated carbocycles. The Morgan fingerprint density at radius 2 is 1.76 bits per heavy atom. The second-order valence-corrected chi connectivity index (χ2v) is 12.5. The van der Waals surface area contributed by atoms with Crippen LogP contribution in [0.1, 0.15) is 34.3 Å². The van der Waals surface area contributed by atoms with E-state index in [9.17, 15) is 13.7 Å². The van der Waals surface area contributed by atoms with Crippen LogP contribution >= 0.6 is 11.3 Å². The van der Waals surface area contributed by atoms with Crippen LogP contribution < -0.4 is 16.0 Å². The number of carbonyl (C=O) groups excluding carboxylic acids is 1. The number of nitrogens with zero attached hydrogens (tertiary/aromatic N) is 3. The van der Waals surface area contributed by atoms with E-state index in [-0.39, 0.29) is 10.8 Å². The number of hydrogen-bond donors (Lipinski definition) is 3. The predicted octanol–water partition coefficient (Wildman–Crippen LogP) is 6.25. The number of benzene rings is 3. The van der Waals surface area contributed by atoms with E-state index in [1.807, 2.05) is 54.6 Å². The van der Waals surface area contributed by atoms with Crippen molar-refractivity contribution in [1.29, 1.82) is 0 Å². The molecule has 1 aliphatic rings. The average Bonchev–Trinajstić information content (AvgIpc) is 3.42. The van der Waals surface area contributed by atoms with Gasteiger partial charge in [-0.05, 0) is 84.4 Å². The molecule has 1 amide bonds. The number of amides is 1. The Morgan fingerprint density at radius 3 is 2.52 bits per heavy atom. The lowest BCUT2D eigenvalue weighted by molar-refractivity contribution is 0.102. The predicted molar refractivity (Wildman–Crippen MR) is 167 cm³/mol. The fourth-order valence-corrected chi connectivity index (χ4v) is 6.94. The van der Waals surface area contributed by atoms with Crippen LogP contribution in [-0.2, 0) is 11.2 Å². The van der Waals surface area contributed by atoms with Crippen LogP contribution in [0.2, 0.25) is 0 Å². The molecule has 2 aromatic heterocycles. The molecule has 1 fully saturated rings. The van der Waals surface area contributed by atoms with Crippen molar-refractivity contribution in [3.63, 3.8) is 0 Å². The summed E-state index contributed by atoms with van der Waals surface area (Å²) in [6.45, 7) is 1.84. The van der Waals surface area contributed by atoms with Crippen LogP contribution in [0.3, 0.4) is 0 Å². The van der Waals surface area contributed by atoms with Gasteiger partial charge in [0.25, 0.3) is 5.91 Å². The summed E-state index contributed by atoms with van der Waals surface area (Å²) in [5, 5.41) is 9.89. The molecular weight excluding hydrogens is 572 g/mol. The largest absolute Gasteiger partial charge is 0.611 e. The van der Waals surface area contributed by atoms with E-state index in [2.05, 4.69) is 30.9 Å². The van der Waals surface area contributed by atoms with Crippen LogP contribution in [0, 0.1) is 5.82 Å². The van der Waals surface area contributed by atoms with E-state index >= 15 is 0 Å². The maximum atomic E-state index is 13.4. The Morgan fingerprint density at radius 1 is 1.00 bits per heavy atom. The lowest BCUT2D eigenvalue weighted by Gasteiger charge is -2.25. The first-order valence-corrected chi connectivity index (χ1v) is 15.5. The second kappa shape index (κ2) is 12.8. The molecule has 6 rings (SSSR count). The van der Waals surface area contributed by atoms with Gasteiger partial charge in [0.05, 0.1) is 10.2 Å². The number of carbonyl (C=O) groups is 1. The zero-order valence-electron chi connectivity index (χ0n) is 22.4. The summed E-state index contributed by atoms with van der Waals surface area (Å²) in [5.41, 5.74) is 3.61. The molecule has 5 aromatic rings. The first-order valence-electron chi connectivity index (χ1n) is 13.5. The summed E-state index contributed by atoms with van der Waals surface area (Å²) >= 11 is 0.348. The van der Waals surface area contributed by atoms with Crippen molar-refractivity contribution in [2.75, 3.05) is 23.7 Å². The molecule has 1 unspecified atom stereocenters. The monoisotopic (exact) mass is 598 g/mol. The van der Waals surface area contributed by atoms with Crippen molar-refractivity contribution in [2.24, 2.45) is 0 Å². The zero-order valence-corrected chi connectivity index (χ0v) is 24.1. The Bertz CT molecular complexity index is 1720. The summed E-state index contributed by atoms with van der Waals surface area (Å²) in [7, 11) is 0. The third kappa shape index (κ3) is 6.82. The number of halogens is 1. The van der Waals surface area contributed by atoms with E-state index in [1.165, 1.54) is 29.5 Å². The second-order valence-electron chi connectivity index (χ2n) is 9.78. The average molecular weight is 599 g/mol. The van der Waals surface area contributed by atoms with Crippen LogP contribution in [0.25, 0.3) is 22.4 Å². The SMILES string of the molecule is O=C(Nc1nc2ccc(/C=C/c3cnc(Nc4ccc([S+]([O-])C5CCNCC5)cc4)nc3)cc2s1)c1cccc(F)c1. The van der Waals surface area contributed by atoms with Gasteiger partial charge in [0.15, 0.2) is 10.0 Å². The van der Waals surface area contributed by atoms with Crippen molar-refractivity contribution in [3.05, 3.63) is 102 Å². The smallest absolute Gasteiger partial charge is 0.257 e. The van der Waals surface area contributed by atoms with Gasteiger partial charge in [-0.2, -0.15) is 0 Å². The van der Waals surface area contributed by atoms with Crippen molar-refractivity contribution in [2.45, 2.75) is 23.0 Å².